The van der Waals surface area contributed by atoms with E-state index in [0.717, 1.165) is 12.6 Å². The van der Waals surface area contributed by atoms with E-state index < -0.39 is 22.7 Å². The lowest BCUT2D eigenvalue weighted by molar-refractivity contribution is -0.112. The van der Waals surface area contributed by atoms with Crippen LogP contribution in [-0.4, -0.2) is 39.2 Å². The van der Waals surface area contributed by atoms with E-state index in [9.17, 15) is 9.59 Å². The van der Waals surface area contributed by atoms with Crippen LogP contribution in [0, 0.1) is 0 Å². The van der Waals surface area contributed by atoms with Crippen LogP contribution in [0.25, 0.3) is 0 Å². The molecule has 0 aromatic heterocycles. The Morgan fingerprint density at radius 2 is 0.929 bits per heavy atom. The number of hydrogen-bond acceptors (Lipinski definition) is 4. The SMILES string of the molecule is O=CCCC=O.O=S(O)O.O=S(O)O. The highest BCUT2D eigenvalue weighted by atomic mass is 32.2. The first-order valence-electron chi connectivity index (χ1n) is 2.85. The fourth-order valence-electron chi connectivity index (χ4n) is 0.136. The van der Waals surface area contributed by atoms with Gasteiger partial charge in [0.15, 0.2) is 0 Å². The Kier molecular flexibility index (Phi) is 25.0. The lowest BCUT2D eigenvalue weighted by Gasteiger charge is -1.68. The third-order valence-electron chi connectivity index (χ3n) is 0.402. The first-order valence-corrected chi connectivity index (χ1v) is 4.98. The molecule has 0 unspecified atom stereocenters. The monoisotopic (exact) mass is 250 g/mol. The molecule has 0 aromatic rings. The van der Waals surface area contributed by atoms with Gasteiger partial charge in [0, 0.05) is 12.8 Å². The van der Waals surface area contributed by atoms with Gasteiger partial charge in [-0.3, -0.25) is 18.2 Å². The fraction of sp³-hybridized carbons (Fsp3) is 0.500. The quantitative estimate of drug-likeness (QED) is 0.298. The van der Waals surface area contributed by atoms with Crippen molar-refractivity contribution >= 4 is 35.3 Å². The average molecular weight is 250 g/mol. The molecule has 0 spiro atoms. The van der Waals surface area contributed by atoms with Crippen LogP contribution in [-0.2, 0) is 32.3 Å². The van der Waals surface area contributed by atoms with Gasteiger partial charge in [-0.1, -0.05) is 0 Å². The largest absolute Gasteiger partial charge is 0.303 e. The molecule has 0 aliphatic carbocycles. The van der Waals surface area contributed by atoms with Crippen LogP contribution in [0.4, 0.5) is 0 Å². The summed E-state index contributed by atoms with van der Waals surface area (Å²) < 4.78 is 45.7. The minimum absolute atomic E-state index is 0.365. The normalized spacial score (nSPS) is 8.14. The first-order chi connectivity index (χ1) is 6.38. The van der Waals surface area contributed by atoms with Crippen LogP contribution in [0.15, 0.2) is 0 Å². The van der Waals surface area contributed by atoms with Gasteiger partial charge in [0.25, 0.3) is 22.7 Å². The number of carbonyl (C=O) groups excluding carboxylic acids is 2. The molecule has 0 aromatic carbocycles. The summed E-state index contributed by atoms with van der Waals surface area (Å²) in [6.07, 6.45) is 2.19. The zero-order valence-corrected chi connectivity index (χ0v) is 8.44. The van der Waals surface area contributed by atoms with E-state index in [4.69, 9.17) is 26.6 Å². The number of carbonyl (C=O) groups is 2. The third kappa shape index (κ3) is 205. The summed E-state index contributed by atoms with van der Waals surface area (Å²) >= 11 is -5.22. The van der Waals surface area contributed by atoms with Crippen molar-refractivity contribution < 1.29 is 36.2 Å². The highest BCUT2D eigenvalue weighted by molar-refractivity contribution is 7.73. The van der Waals surface area contributed by atoms with Gasteiger partial charge in [-0.25, -0.2) is 0 Å². The van der Waals surface area contributed by atoms with Crippen LogP contribution < -0.4 is 0 Å². The molecule has 0 saturated heterocycles. The molecule has 0 aliphatic rings. The van der Waals surface area contributed by atoms with Crippen molar-refractivity contribution in [2.45, 2.75) is 12.8 Å². The molecule has 86 valence electrons. The van der Waals surface area contributed by atoms with Crippen molar-refractivity contribution in [3.05, 3.63) is 0 Å². The van der Waals surface area contributed by atoms with Crippen LogP contribution in [0.3, 0.4) is 0 Å². The number of aldehydes is 2. The molecular formula is C4H10O8S2. The van der Waals surface area contributed by atoms with Crippen molar-refractivity contribution in [2.24, 2.45) is 0 Å². The van der Waals surface area contributed by atoms with E-state index in [1.807, 2.05) is 0 Å². The van der Waals surface area contributed by atoms with Gasteiger partial charge in [0.1, 0.15) is 12.6 Å². The van der Waals surface area contributed by atoms with Gasteiger partial charge in [-0.05, 0) is 0 Å². The van der Waals surface area contributed by atoms with Crippen LogP contribution in [0.2, 0.25) is 0 Å². The second kappa shape index (κ2) is 18.3. The maximum absolute atomic E-state index is 9.40. The Hall–Kier alpha value is -0.520. The topological polar surface area (TPSA) is 149 Å². The predicted octanol–water partition coefficient (Wildman–Crippen LogP) is -0.473. The lowest BCUT2D eigenvalue weighted by Crippen LogP contribution is -1.74. The molecule has 0 fully saturated rings. The zero-order chi connectivity index (χ0) is 12.0. The van der Waals surface area contributed by atoms with Gasteiger partial charge in [0.2, 0.25) is 0 Å². The third-order valence-corrected chi connectivity index (χ3v) is 0.402. The van der Waals surface area contributed by atoms with Crippen molar-refractivity contribution in [2.75, 3.05) is 0 Å². The minimum Gasteiger partial charge on any atom is -0.303 e. The Bertz CT molecular complexity index is 152. The summed E-state index contributed by atoms with van der Waals surface area (Å²) in [5.74, 6) is 0. The van der Waals surface area contributed by atoms with Crippen molar-refractivity contribution in [1.82, 2.24) is 0 Å². The Morgan fingerprint density at radius 3 is 1.00 bits per heavy atom. The zero-order valence-electron chi connectivity index (χ0n) is 6.81. The van der Waals surface area contributed by atoms with E-state index in [-0.39, 0.29) is 0 Å². The van der Waals surface area contributed by atoms with Gasteiger partial charge in [-0.2, -0.15) is 8.42 Å². The van der Waals surface area contributed by atoms with Gasteiger partial charge in [0.05, 0.1) is 0 Å². The maximum atomic E-state index is 9.40. The van der Waals surface area contributed by atoms with E-state index >= 15 is 0 Å². The minimum atomic E-state index is -2.61. The molecule has 4 N–H and O–H groups in total. The standard InChI is InChI=1S/C4H6O2.2H2O3S/c5-3-1-2-4-6;2*1-4(2)3/h3-4H,1-2H2;2*(H2,1,2,3). The molecule has 0 heterocycles. The van der Waals surface area contributed by atoms with E-state index in [0.29, 0.717) is 12.8 Å². The molecule has 0 aliphatic heterocycles. The number of hydrogen-bond donors (Lipinski definition) is 4. The smallest absolute Gasteiger partial charge is 0.299 e. The second-order valence-corrected chi connectivity index (χ2v) is 2.30. The molecule has 0 saturated carbocycles. The Morgan fingerprint density at radius 1 is 0.786 bits per heavy atom. The summed E-state index contributed by atoms with van der Waals surface area (Å²) in [6.45, 7) is 0. The number of unbranched alkanes of at least 4 members (excludes halogenated alkanes) is 1. The predicted molar refractivity (Wildman–Crippen MR) is 48.2 cm³/mol. The molecular weight excluding hydrogens is 240 g/mol. The van der Waals surface area contributed by atoms with E-state index in [1.165, 1.54) is 0 Å². The lowest BCUT2D eigenvalue weighted by atomic mass is 10.4. The van der Waals surface area contributed by atoms with Gasteiger partial charge < -0.3 is 9.59 Å². The Labute approximate surface area is 84.9 Å². The molecule has 0 rings (SSSR count). The molecule has 10 heteroatoms. The maximum Gasteiger partial charge on any atom is 0.299 e. The molecule has 0 bridgehead atoms. The molecule has 0 radical (unpaired) electrons. The Balaban J connectivity index is -0.000000135. The summed E-state index contributed by atoms with van der Waals surface area (Å²) in [5, 5.41) is 0. The van der Waals surface area contributed by atoms with Crippen LogP contribution in [0.1, 0.15) is 12.8 Å². The highest BCUT2D eigenvalue weighted by Crippen LogP contribution is 1.72. The first kappa shape index (κ1) is 19.1. The van der Waals surface area contributed by atoms with E-state index in [2.05, 4.69) is 0 Å². The van der Waals surface area contributed by atoms with Crippen molar-refractivity contribution in [3.8, 4) is 0 Å². The van der Waals surface area contributed by atoms with Crippen molar-refractivity contribution in [1.29, 1.82) is 0 Å². The molecule has 8 nitrogen and oxygen atoms in total. The van der Waals surface area contributed by atoms with Crippen LogP contribution in [0.5, 0.6) is 0 Å². The van der Waals surface area contributed by atoms with Gasteiger partial charge >= 0.3 is 0 Å². The average Bonchev–Trinajstić information content (AvgIpc) is 1.98. The highest BCUT2D eigenvalue weighted by Gasteiger charge is 1.74. The van der Waals surface area contributed by atoms with Gasteiger partial charge in [-0.15, -0.1) is 0 Å². The van der Waals surface area contributed by atoms with Crippen molar-refractivity contribution in [3.63, 3.8) is 0 Å². The summed E-state index contributed by atoms with van der Waals surface area (Å²) in [7, 11) is 0. The number of rotatable bonds is 3. The fourth-order valence-corrected chi connectivity index (χ4v) is 0.136. The molecule has 14 heavy (non-hydrogen) atoms. The second-order valence-electron chi connectivity index (χ2n) is 1.37. The van der Waals surface area contributed by atoms with Crippen LogP contribution >= 0.6 is 0 Å². The molecule has 0 amide bonds. The summed E-state index contributed by atoms with van der Waals surface area (Å²) in [6, 6.07) is 0. The summed E-state index contributed by atoms with van der Waals surface area (Å²) in [4.78, 5) is 18.8. The molecule has 0 atom stereocenters. The summed E-state index contributed by atoms with van der Waals surface area (Å²) in [5.41, 5.74) is 0. The van der Waals surface area contributed by atoms with E-state index in [1.54, 1.807) is 0 Å².